The van der Waals surface area contributed by atoms with E-state index in [9.17, 15) is 0 Å². The van der Waals surface area contributed by atoms with Gasteiger partial charge in [-0.1, -0.05) is 77.2 Å². The minimum Gasteiger partial charge on any atom is -0.544 e. The fourth-order valence-corrected chi connectivity index (χ4v) is 2.09. The van der Waals surface area contributed by atoms with Crippen molar-refractivity contribution in [2.45, 2.75) is 84.0 Å². The Morgan fingerprint density at radius 2 is 1.33 bits per heavy atom. The van der Waals surface area contributed by atoms with E-state index in [4.69, 9.17) is 5.02 Å². The second-order valence-corrected chi connectivity index (χ2v) is 4.94. The maximum absolute atomic E-state index is 8.26. The van der Waals surface area contributed by atoms with Crippen molar-refractivity contribution in [1.29, 1.82) is 0 Å². The van der Waals surface area contributed by atoms with Crippen molar-refractivity contribution in [1.82, 2.24) is 0 Å². The first kappa shape index (κ1) is 17.6. The van der Waals surface area contributed by atoms with E-state index in [1.54, 1.807) is 0 Å². The first-order chi connectivity index (χ1) is 8.91. The molecule has 1 radical (unpaired) electrons. The molecule has 0 saturated heterocycles. The van der Waals surface area contributed by atoms with Crippen LogP contribution in [0, 0.1) is 0 Å². The van der Waals surface area contributed by atoms with Gasteiger partial charge in [-0.3, -0.25) is 0 Å². The van der Waals surface area contributed by atoms with Gasteiger partial charge in [-0.15, -0.1) is 0 Å². The van der Waals surface area contributed by atoms with Gasteiger partial charge in [-0.2, -0.15) is 0 Å². The van der Waals surface area contributed by atoms with Gasteiger partial charge in [0.05, 0.1) is 6.26 Å². The number of hydrogen-bond donors (Lipinski definition) is 1. The fraction of sp³-hybridized carbons (Fsp3) is 0.867. The van der Waals surface area contributed by atoms with E-state index < -0.39 is 0 Å². The van der Waals surface area contributed by atoms with Gasteiger partial charge in [0.2, 0.25) is 0 Å². The average Bonchev–Trinajstić information content (AvgIpc) is 2.39. The molecule has 0 unspecified atom stereocenters. The highest BCUT2D eigenvalue weighted by atomic mass is 16.5. The molecule has 0 heterocycles. The summed E-state index contributed by atoms with van der Waals surface area (Å²) in [5.74, 6) is 0. The number of rotatable bonds is 14. The predicted octanol–water partition coefficient (Wildman–Crippen LogP) is 4.74. The molecule has 3 heteroatoms. The zero-order valence-electron chi connectivity index (χ0n) is 12.1. The zero-order valence-corrected chi connectivity index (χ0v) is 12.1. The van der Waals surface area contributed by atoms with Crippen LogP contribution in [0.1, 0.15) is 84.0 Å². The number of hydrogen-bond acceptors (Lipinski definition) is 2. The molecule has 0 atom stereocenters. The molecule has 105 valence electrons. The van der Waals surface area contributed by atoms with Crippen LogP contribution in [0.15, 0.2) is 12.3 Å². The Kier molecular flexibility index (Phi) is 16.2. The van der Waals surface area contributed by atoms with Crippen LogP contribution in [0.4, 0.5) is 0 Å². The highest BCUT2D eigenvalue weighted by molar-refractivity contribution is 6.16. The van der Waals surface area contributed by atoms with Gasteiger partial charge in [-0.25, -0.2) is 0 Å². The van der Waals surface area contributed by atoms with E-state index in [1.807, 2.05) is 6.08 Å². The minimum absolute atomic E-state index is 0.705. The van der Waals surface area contributed by atoms with Crippen LogP contribution in [0.25, 0.3) is 0 Å². The summed E-state index contributed by atoms with van der Waals surface area (Å²) in [4.78, 5) is 0. The summed E-state index contributed by atoms with van der Waals surface area (Å²) in [6.45, 7) is 2.27. The Morgan fingerprint density at radius 3 is 1.83 bits per heavy atom. The number of unbranched alkanes of at least 4 members (excludes halogenated alkanes) is 11. The lowest BCUT2D eigenvalue weighted by Gasteiger charge is -2.01. The molecule has 0 aliphatic carbocycles. The van der Waals surface area contributed by atoms with E-state index >= 15 is 0 Å². The summed E-state index contributed by atoms with van der Waals surface area (Å²) < 4.78 is 4.58. The molecule has 2 nitrogen and oxygen atoms in total. The highest BCUT2D eigenvalue weighted by Gasteiger charge is 1.92. The molecule has 0 saturated carbocycles. The van der Waals surface area contributed by atoms with Gasteiger partial charge in [0.15, 0.2) is 0 Å². The van der Waals surface area contributed by atoms with Crippen molar-refractivity contribution >= 4 is 7.69 Å². The van der Waals surface area contributed by atoms with Crippen LogP contribution in [-0.2, 0) is 4.65 Å². The quantitative estimate of drug-likeness (QED) is 0.275. The lowest BCUT2D eigenvalue weighted by atomic mass is 10.1. The highest BCUT2D eigenvalue weighted by Crippen LogP contribution is 2.11. The molecule has 0 aromatic heterocycles. The van der Waals surface area contributed by atoms with Crippen molar-refractivity contribution in [3.8, 4) is 0 Å². The Bertz CT molecular complexity index is 172. The zero-order chi connectivity index (χ0) is 13.3. The Morgan fingerprint density at radius 1 is 0.833 bits per heavy atom. The molecule has 0 amide bonds. The van der Waals surface area contributed by atoms with Crippen molar-refractivity contribution in [3.05, 3.63) is 12.3 Å². The molecule has 1 N–H and O–H groups in total. The third kappa shape index (κ3) is 15.6. The predicted molar refractivity (Wildman–Crippen MR) is 79.3 cm³/mol. The SMILES string of the molecule is CCCCCCCCCCCCC/C=C/O[B]O. The first-order valence-corrected chi connectivity index (χ1v) is 7.68. The average molecular weight is 253 g/mol. The lowest BCUT2D eigenvalue weighted by Crippen LogP contribution is -1.87. The van der Waals surface area contributed by atoms with Gasteiger partial charge >= 0.3 is 7.69 Å². The maximum atomic E-state index is 8.26. The largest absolute Gasteiger partial charge is 0.568 e. The summed E-state index contributed by atoms with van der Waals surface area (Å²) in [6.07, 6.45) is 19.7. The van der Waals surface area contributed by atoms with Crippen LogP contribution in [0.2, 0.25) is 0 Å². The normalized spacial score (nSPS) is 11.0. The molecule has 0 bridgehead atoms. The van der Waals surface area contributed by atoms with Crippen LogP contribution >= 0.6 is 0 Å². The lowest BCUT2D eigenvalue weighted by molar-refractivity contribution is 0.404. The fourth-order valence-electron chi connectivity index (χ4n) is 2.09. The maximum Gasteiger partial charge on any atom is 0.568 e. The second kappa shape index (κ2) is 16.6. The molecule has 0 rings (SSSR count). The Labute approximate surface area is 114 Å². The van der Waals surface area contributed by atoms with E-state index in [-0.39, 0.29) is 0 Å². The van der Waals surface area contributed by atoms with Crippen molar-refractivity contribution < 1.29 is 9.68 Å². The van der Waals surface area contributed by atoms with Crippen LogP contribution in [-0.4, -0.2) is 12.7 Å². The summed E-state index contributed by atoms with van der Waals surface area (Å²) >= 11 is 0. The summed E-state index contributed by atoms with van der Waals surface area (Å²) in [6, 6.07) is 0. The van der Waals surface area contributed by atoms with E-state index in [1.165, 1.54) is 76.9 Å². The van der Waals surface area contributed by atoms with Gasteiger partial charge in [0.25, 0.3) is 0 Å². The van der Waals surface area contributed by atoms with Crippen LogP contribution in [0.3, 0.4) is 0 Å². The molecule has 0 fully saturated rings. The van der Waals surface area contributed by atoms with Crippen LogP contribution < -0.4 is 0 Å². The minimum atomic E-state index is 0.705. The van der Waals surface area contributed by atoms with Gasteiger partial charge in [0.1, 0.15) is 0 Å². The van der Waals surface area contributed by atoms with Gasteiger partial charge < -0.3 is 9.68 Å². The summed E-state index contributed by atoms with van der Waals surface area (Å²) in [5, 5.41) is 8.26. The second-order valence-electron chi connectivity index (χ2n) is 4.94. The van der Waals surface area contributed by atoms with Gasteiger partial charge in [-0.05, 0) is 12.8 Å². The van der Waals surface area contributed by atoms with Crippen molar-refractivity contribution in [3.63, 3.8) is 0 Å². The topological polar surface area (TPSA) is 29.5 Å². The molecule has 0 spiro atoms. The third-order valence-corrected chi connectivity index (χ3v) is 3.21. The molecule has 0 aliphatic heterocycles. The summed E-state index contributed by atoms with van der Waals surface area (Å²) in [7, 11) is 0.705. The van der Waals surface area contributed by atoms with Crippen molar-refractivity contribution in [2.75, 3.05) is 0 Å². The Balaban J connectivity index is 2.94. The van der Waals surface area contributed by atoms with E-state index in [0.29, 0.717) is 7.69 Å². The molecule has 0 aromatic rings. The molecular weight excluding hydrogens is 223 g/mol. The molecular formula is C15H30BO2. The smallest absolute Gasteiger partial charge is 0.544 e. The van der Waals surface area contributed by atoms with Gasteiger partial charge in [0, 0.05) is 0 Å². The van der Waals surface area contributed by atoms with Crippen LogP contribution in [0.5, 0.6) is 0 Å². The monoisotopic (exact) mass is 253 g/mol. The van der Waals surface area contributed by atoms with E-state index in [2.05, 4.69) is 11.6 Å². The van der Waals surface area contributed by atoms with E-state index in [0.717, 1.165) is 6.42 Å². The van der Waals surface area contributed by atoms with Crippen molar-refractivity contribution in [2.24, 2.45) is 0 Å². The number of allylic oxidation sites excluding steroid dienone is 1. The summed E-state index contributed by atoms with van der Waals surface area (Å²) in [5.41, 5.74) is 0. The molecule has 0 aromatic carbocycles. The Hall–Kier alpha value is -0.435. The standard InChI is InChI=1S/C15H30BO2/c1-2-3-4-5-6-7-8-9-10-11-12-13-14-15-18-16-17/h14-15,17H,2-13H2,1H3/b15-14+. The molecule has 0 aliphatic rings. The molecule has 18 heavy (non-hydrogen) atoms. The first-order valence-electron chi connectivity index (χ1n) is 7.68. The third-order valence-electron chi connectivity index (χ3n) is 3.21.